The van der Waals surface area contributed by atoms with Crippen LogP contribution >= 0.6 is 0 Å². The fraction of sp³-hybridized carbons (Fsp3) is 0.611. The standard InChI is InChI=1S/C18H21F5N6O/c19-17(20)4-1-12(2-5-17)24-14-11-15(28-7-9-30-10-8-28)26-16(25-14)29-6-3-13(27-29)18(21,22)23/h3,6,11-12H,1-2,4-5,7-10H2,(H,24,25,26). The van der Waals surface area contributed by atoms with Gasteiger partial charge in [-0.1, -0.05) is 0 Å². The minimum atomic E-state index is -4.58. The highest BCUT2D eigenvalue weighted by Gasteiger charge is 2.35. The number of hydrogen-bond acceptors (Lipinski definition) is 6. The molecule has 2 fully saturated rings. The molecule has 7 nitrogen and oxygen atoms in total. The van der Waals surface area contributed by atoms with Crippen LogP contribution in [0.25, 0.3) is 5.95 Å². The molecule has 30 heavy (non-hydrogen) atoms. The zero-order valence-electron chi connectivity index (χ0n) is 16.0. The molecule has 1 saturated carbocycles. The molecule has 2 aromatic heterocycles. The van der Waals surface area contributed by atoms with E-state index in [1.807, 2.05) is 4.90 Å². The van der Waals surface area contributed by atoms with Gasteiger partial charge in [0.15, 0.2) is 5.69 Å². The van der Waals surface area contributed by atoms with Crippen molar-refractivity contribution in [1.82, 2.24) is 19.7 Å². The fourth-order valence-electron chi connectivity index (χ4n) is 3.53. The maximum absolute atomic E-state index is 13.4. The van der Waals surface area contributed by atoms with E-state index in [0.29, 0.717) is 37.9 Å². The lowest BCUT2D eigenvalue weighted by atomic mass is 9.92. The first-order valence-corrected chi connectivity index (χ1v) is 9.69. The topological polar surface area (TPSA) is 68.1 Å². The Hall–Kier alpha value is -2.50. The molecule has 0 amide bonds. The van der Waals surface area contributed by atoms with Crippen molar-refractivity contribution < 1.29 is 26.7 Å². The minimum absolute atomic E-state index is 0.0295. The van der Waals surface area contributed by atoms with E-state index in [1.54, 1.807) is 6.07 Å². The Morgan fingerprint density at radius 3 is 2.43 bits per heavy atom. The van der Waals surface area contributed by atoms with Gasteiger partial charge in [-0.15, -0.1) is 0 Å². The third-order valence-electron chi connectivity index (χ3n) is 5.19. The van der Waals surface area contributed by atoms with Crippen LogP contribution in [0.4, 0.5) is 33.6 Å². The van der Waals surface area contributed by atoms with Crippen LogP contribution < -0.4 is 10.2 Å². The minimum Gasteiger partial charge on any atom is -0.378 e. The molecule has 1 aliphatic carbocycles. The van der Waals surface area contributed by atoms with E-state index >= 15 is 0 Å². The van der Waals surface area contributed by atoms with Gasteiger partial charge in [-0.2, -0.15) is 28.2 Å². The monoisotopic (exact) mass is 432 g/mol. The lowest BCUT2D eigenvalue weighted by molar-refractivity contribution is -0.141. The van der Waals surface area contributed by atoms with Gasteiger partial charge in [-0.3, -0.25) is 0 Å². The van der Waals surface area contributed by atoms with Crippen LogP contribution in [0.3, 0.4) is 0 Å². The average molecular weight is 432 g/mol. The molecule has 164 valence electrons. The van der Waals surface area contributed by atoms with Crippen molar-refractivity contribution >= 4 is 11.6 Å². The Morgan fingerprint density at radius 2 is 1.80 bits per heavy atom. The molecular formula is C18H21F5N6O. The van der Waals surface area contributed by atoms with Crippen molar-refractivity contribution in [3.8, 4) is 5.95 Å². The summed E-state index contributed by atoms with van der Waals surface area (Å²) >= 11 is 0. The average Bonchev–Trinajstić information content (AvgIpc) is 3.21. The van der Waals surface area contributed by atoms with Crippen molar-refractivity contribution in [3.63, 3.8) is 0 Å². The molecule has 0 bridgehead atoms. The Bertz CT molecular complexity index is 870. The Labute approximate surface area is 169 Å². The van der Waals surface area contributed by atoms with Gasteiger partial charge in [0.25, 0.3) is 5.95 Å². The number of hydrogen-bond donors (Lipinski definition) is 1. The van der Waals surface area contributed by atoms with Crippen molar-refractivity contribution in [3.05, 3.63) is 24.0 Å². The summed E-state index contributed by atoms with van der Waals surface area (Å²) in [5, 5.41) is 6.68. The molecular weight excluding hydrogens is 411 g/mol. The van der Waals surface area contributed by atoms with E-state index in [-0.39, 0.29) is 37.7 Å². The van der Waals surface area contributed by atoms with Gasteiger partial charge in [0.2, 0.25) is 5.92 Å². The molecule has 3 heterocycles. The summed E-state index contributed by atoms with van der Waals surface area (Å²) in [4.78, 5) is 10.6. The molecule has 4 rings (SSSR count). The summed E-state index contributed by atoms with van der Waals surface area (Å²) in [6.45, 7) is 2.14. The van der Waals surface area contributed by atoms with Gasteiger partial charge in [0.05, 0.1) is 13.2 Å². The first-order valence-electron chi connectivity index (χ1n) is 9.69. The summed E-state index contributed by atoms with van der Waals surface area (Å²) in [6, 6.07) is 2.32. The third-order valence-corrected chi connectivity index (χ3v) is 5.19. The largest absolute Gasteiger partial charge is 0.435 e. The predicted molar refractivity (Wildman–Crippen MR) is 98.0 cm³/mol. The summed E-state index contributed by atoms with van der Waals surface area (Å²) in [7, 11) is 0. The highest BCUT2D eigenvalue weighted by Crippen LogP contribution is 2.34. The molecule has 1 aliphatic heterocycles. The van der Waals surface area contributed by atoms with Gasteiger partial charge < -0.3 is 15.0 Å². The molecule has 0 atom stereocenters. The number of rotatable bonds is 4. The highest BCUT2D eigenvalue weighted by atomic mass is 19.4. The fourth-order valence-corrected chi connectivity index (χ4v) is 3.53. The van der Waals surface area contributed by atoms with Crippen LogP contribution in [0.5, 0.6) is 0 Å². The Kier molecular flexibility index (Phi) is 5.51. The van der Waals surface area contributed by atoms with Crippen LogP contribution in [0.2, 0.25) is 0 Å². The van der Waals surface area contributed by atoms with Crippen molar-refractivity contribution in [2.24, 2.45) is 0 Å². The second-order valence-electron chi connectivity index (χ2n) is 7.43. The van der Waals surface area contributed by atoms with Crippen LogP contribution in [-0.2, 0) is 10.9 Å². The van der Waals surface area contributed by atoms with Gasteiger partial charge in [-0.25, -0.2) is 13.5 Å². The number of morpholine rings is 1. The zero-order chi connectivity index (χ0) is 21.4. The maximum Gasteiger partial charge on any atom is 0.435 e. The van der Waals surface area contributed by atoms with E-state index in [9.17, 15) is 22.0 Å². The lowest BCUT2D eigenvalue weighted by Crippen LogP contribution is -2.37. The molecule has 0 unspecified atom stereocenters. The zero-order valence-corrected chi connectivity index (χ0v) is 16.0. The van der Waals surface area contributed by atoms with E-state index in [1.165, 1.54) is 0 Å². The van der Waals surface area contributed by atoms with E-state index in [2.05, 4.69) is 20.4 Å². The molecule has 12 heteroatoms. The maximum atomic E-state index is 13.4. The third kappa shape index (κ3) is 4.79. The molecule has 0 spiro atoms. The summed E-state index contributed by atoms with van der Waals surface area (Å²) in [5.74, 6) is -1.81. The van der Waals surface area contributed by atoms with E-state index in [0.717, 1.165) is 16.9 Å². The van der Waals surface area contributed by atoms with E-state index < -0.39 is 17.8 Å². The summed E-state index contributed by atoms with van der Waals surface area (Å²) in [5.41, 5.74) is -1.05. The van der Waals surface area contributed by atoms with Crippen LogP contribution in [0.15, 0.2) is 18.3 Å². The molecule has 2 aliphatic rings. The smallest absolute Gasteiger partial charge is 0.378 e. The molecule has 2 aromatic rings. The van der Waals surface area contributed by atoms with Crippen molar-refractivity contribution in [2.45, 2.75) is 43.8 Å². The lowest BCUT2D eigenvalue weighted by Gasteiger charge is -2.30. The highest BCUT2D eigenvalue weighted by molar-refractivity contribution is 5.52. The number of alkyl halides is 5. The Balaban J connectivity index is 1.62. The number of aromatic nitrogens is 4. The SMILES string of the molecule is FC1(F)CCC(Nc2cc(N3CCOCC3)nc(-n3ccc(C(F)(F)F)n3)n2)CC1. The Morgan fingerprint density at radius 1 is 1.10 bits per heavy atom. The number of anilines is 2. The quantitative estimate of drug-likeness (QED) is 0.746. The molecule has 0 radical (unpaired) electrons. The number of nitrogens with zero attached hydrogens (tertiary/aromatic N) is 5. The van der Waals surface area contributed by atoms with Crippen LogP contribution in [0, 0.1) is 0 Å². The number of halogens is 5. The van der Waals surface area contributed by atoms with Crippen molar-refractivity contribution in [1.29, 1.82) is 0 Å². The van der Waals surface area contributed by atoms with Gasteiger partial charge in [0, 0.05) is 44.2 Å². The van der Waals surface area contributed by atoms with Crippen molar-refractivity contribution in [2.75, 3.05) is 36.5 Å². The van der Waals surface area contributed by atoms with Gasteiger partial charge in [0.1, 0.15) is 11.6 Å². The second-order valence-corrected chi connectivity index (χ2v) is 7.43. The molecule has 1 N–H and O–H groups in total. The number of nitrogens with one attached hydrogen (secondary N) is 1. The normalized spacial score (nSPS) is 20.4. The van der Waals surface area contributed by atoms with Crippen LogP contribution in [-0.4, -0.2) is 58.0 Å². The van der Waals surface area contributed by atoms with Gasteiger partial charge in [-0.05, 0) is 18.9 Å². The predicted octanol–water partition coefficient (Wildman–Crippen LogP) is 3.51. The molecule has 1 saturated heterocycles. The van der Waals surface area contributed by atoms with E-state index in [4.69, 9.17) is 4.74 Å². The summed E-state index contributed by atoms with van der Waals surface area (Å²) < 4.78 is 71.9. The first kappa shape index (κ1) is 20.8. The first-order chi connectivity index (χ1) is 14.2. The molecule has 0 aromatic carbocycles. The second kappa shape index (κ2) is 7.97. The van der Waals surface area contributed by atoms with Gasteiger partial charge >= 0.3 is 6.18 Å². The summed E-state index contributed by atoms with van der Waals surface area (Å²) in [6.07, 6.45) is -3.31. The van der Waals surface area contributed by atoms with Crippen LogP contribution in [0.1, 0.15) is 31.4 Å². The number of ether oxygens (including phenoxy) is 1.